The summed E-state index contributed by atoms with van der Waals surface area (Å²) >= 11 is 0. The van der Waals surface area contributed by atoms with Gasteiger partial charge in [0, 0.05) is 7.05 Å². The summed E-state index contributed by atoms with van der Waals surface area (Å²) in [4.78, 5) is 10.7. The highest BCUT2D eigenvalue weighted by Crippen LogP contribution is 2.36. The highest BCUT2D eigenvalue weighted by molar-refractivity contribution is 5.46. The van der Waals surface area contributed by atoms with Crippen molar-refractivity contribution in [2.24, 2.45) is 13.0 Å². The zero-order chi connectivity index (χ0) is 14.0. The summed E-state index contributed by atoms with van der Waals surface area (Å²) in [5, 5.41) is 18.4. The Morgan fingerprint density at radius 2 is 2.26 bits per heavy atom. The maximum atomic E-state index is 11.1. The van der Waals surface area contributed by atoms with E-state index in [1.54, 1.807) is 7.05 Å². The van der Waals surface area contributed by atoms with Crippen molar-refractivity contribution in [2.75, 3.05) is 13.6 Å². The largest absolute Gasteiger partial charge is 0.470 e. The lowest BCUT2D eigenvalue weighted by Gasteiger charge is -2.34. The number of aryl methyl sites for hydroxylation is 2. The second-order valence-electron chi connectivity index (χ2n) is 4.97. The molecule has 1 saturated carbocycles. The summed E-state index contributed by atoms with van der Waals surface area (Å²) in [5.74, 6) is 0.891. The first-order chi connectivity index (χ1) is 9.06. The summed E-state index contributed by atoms with van der Waals surface area (Å²) in [6.07, 6.45) is 2.47. The molecule has 106 valence electrons. The molecule has 0 radical (unpaired) electrons. The SMILES string of the molecule is CCc1nn(C)c(OC2CC(CNC)C2)c1[N+](=O)[O-]. The van der Waals surface area contributed by atoms with Gasteiger partial charge in [-0.15, -0.1) is 0 Å². The fraction of sp³-hybridized carbons (Fsp3) is 0.750. The van der Waals surface area contributed by atoms with Gasteiger partial charge in [0.2, 0.25) is 0 Å². The first kappa shape index (κ1) is 13.8. The Bertz CT molecular complexity index is 466. The molecule has 7 nitrogen and oxygen atoms in total. The van der Waals surface area contributed by atoms with Crippen LogP contribution in [-0.2, 0) is 13.5 Å². The second-order valence-corrected chi connectivity index (χ2v) is 4.97. The van der Waals surface area contributed by atoms with E-state index in [0.717, 1.165) is 19.4 Å². The van der Waals surface area contributed by atoms with E-state index in [0.29, 0.717) is 18.0 Å². The minimum atomic E-state index is -0.398. The van der Waals surface area contributed by atoms with E-state index in [9.17, 15) is 10.1 Å². The van der Waals surface area contributed by atoms with Gasteiger partial charge < -0.3 is 10.1 Å². The smallest absolute Gasteiger partial charge is 0.353 e. The van der Waals surface area contributed by atoms with Gasteiger partial charge in [0.05, 0.1) is 4.92 Å². The third-order valence-electron chi connectivity index (χ3n) is 3.52. The molecule has 1 fully saturated rings. The molecule has 19 heavy (non-hydrogen) atoms. The van der Waals surface area contributed by atoms with Crippen molar-refractivity contribution >= 4 is 5.69 Å². The van der Waals surface area contributed by atoms with Gasteiger partial charge in [-0.25, -0.2) is 4.68 Å². The predicted molar refractivity (Wildman–Crippen MR) is 70.3 cm³/mol. The van der Waals surface area contributed by atoms with E-state index in [-0.39, 0.29) is 17.7 Å². The van der Waals surface area contributed by atoms with Gasteiger partial charge in [0.25, 0.3) is 5.88 Å². The highest BCUT2D eigenvalue weighted by Gasteiger charge is 2.35. The number of nitro groups is 1. The molecule has 1 heterocycles. The van der Waals surface area contributed by atoms with E-state index in [2.05, 4.69) is 10.4 Å². The Morgan fingerprint density at radius 3 is 2.79 bits per heavy atom. The summed E-state index contributed by atoms with van der Waals surface area (Å²) in [6, 6.07) is 0. The molecule has 1 aromatic rings. The van der Waals surface area contributed by atoms with Gasteiger partial charge in [-0.05, 0) is 38.8 Å². The van der Waals surface area contributed by atoms with Crippen LogP contribution in [0.5, 0.6) is 5.88 Å². The molecule has 1 aliphatic rings. The van der Waals surface area contributed by atoms with Crippen molar-refractivity contribution in [3.63, 3.8) is 0 Å². The van der Waals surface area contributed by atoms with Crippen molar-refractivity contribution in [3.8, 4) is 5.88 Å². The molecule has 0 unspecified atom stereocenters. The van der Waals surface area contributed by atoms with Crippen LogP contribution in [-0.4, -0.2) is 34.4 Å². The number of nitrogens with one attached hydrogen (secondary N) is 1. The van der Waals surface area contributed by atoms with Crippen molar-refractivity contribution < 1.29 is 9.66 Å². The van der Waals surface area contributed by atoms with Crippen LogP contribution in [0.2, 0.25) is 0 Å². The maximum absolute atomic E-state index is 11.1. The van der Waals surface area contributed by atoms with Gasteiger partial charge in [-0.3, -0.25) is 10.1 Å². The number of hydrogen-bond acceptors (Lipinski definition) is 5. The number of hydrogen-bond donors (Lipinski definition) is 1. The molecule has 1 aromatic heterocycles. The quantitative estimate of drug-likeness (QED) is 0.620. The molecule has 1 N–H and O–H groups in total. The summed E-state index contributed by atoms with van der Waals surface area (Å²) in [5.41, 5.74) is 0.496. The lowest BCUT2D eigenvalue weighted by Crippen LogP contribution is -2.39. The minimum absolute atomic E-state index is 0.0158. The van der Waals surface area contributed by atoms with Crippen molar-refractivity contribution in [1.29, 1.82) is 0 Å². The van der Waals surface area contributed by atoms with Crippen LogP contribution in [0, 0.1) is 16.0 Å². The topological polar surface area (TPSA) is 82.2 Å². The third kappa shape index (κ3) is 2.70. The first-order valence-electron chi connectivity index (χ1n) is 6.58. The van der Waals surface area contributed by atoms with Crippen LogP contribution in [0.3, 0.4) is 0 Å². The fourth-order valence-electron chi connectivity index (χ4n) is 2.49. The van der Waals surface area contributed by atoms with Crippen molar-refractivity contribution in [1.82, 2.24) is 15.1 Å². The van der Waals surface area contributed by atoms with Gasteiger partial charge in [-0.1, -0.05) is 6.92 Å². The fourth-order valence-corrected chi connectivity index (χ4v) is 2.49. The lowest BCUT2D eigenvalue weighted by atomic mass is 9.82. The van der Waals surface area contributed by atoms with Crippen LogP contribution in [0.25, 0.3) is 0 Å². The Hall–Kier alpha value is -1.63. The molecule has 0 aromatic carbocycles. The standard InChI is InChI=1S/C12H20N4O3/c1-4-10-11(16(17)18)12(15(3)14-10)19-9-5-8(6-9)7-13-2/h8-9,13H,4-7H2,1-3H3. The van der Waals surface area contributed by atoms with Crippen LogP contribution in [0.4, 0.5) is 5.69 Å². The van der Waals surface area contributed by atoms with Crippen LogP contribution < -0.4 is 10.1 Å². The molecule has 7 heteroatoms. The molecule has 0 aliphatic heterocycles. The van der Waals surface area contributed by atoms with Crippen LogP contribution in [0.1, 0.15) is 25.5 Å². The zero-order valence-corrected chi connectivity index (χ0v) is 11.5. The summed E-state index contributed by atoms with van der Waals surface area (Å²) < 4.78 is 7.24. The average molecular weight is 268 g/mol. The summed E-state index contributed by atoms with van der Waals surface area (Å²) in [6.45, 7) is 2.82. The monoisotopic (exact) mass is 268 g/mol. The Morgan fingerprint density at radius 1 is 1.58 bits per heavy atom. The Labute approximate surface area is 112 Å². The number of nitrogens with zero attached hydrogens (tertiary/aromatic N) is 3. The van der Waals surface area contributed by atoms with Crippen molar-refractivity contribution in [3.05, 3.63) is 15.8 Å². The molecule has 0 spiro atoms. The molecule has 0 bridgehead atoms. The van der Waals surface area contributed by atoms with Gasteiger partial charge >= 0.3 is 5.69 Å². The molecule has 1 aliphatic carbocycles. The van der Waals surface area contributed by atoms with Crippen molar-refractivity contribution in [2.45, 2.75) is 32.3 Å². The van der Waals surface area contributed by atoms with E-state index >= 15 is 0 Å². The van der Waals surface area contributed by atoms with E-state index < -0.39 is 4.92 Å². The summed E-state index contributed by atoms with van der Waals surface area (Å²) in [7, 11) is 3.61. The zero-order valence-electron chi connectivity index (χ0n) is 11.5. The van der Waals surface area contributed by atoms with Crippen LogP contribution in [0.15, 0.2) is 0 Å². The van der Waals surface area contributed by atoms with Gasteiger partial charge in [0.15, 0.2) is 0 Å². The lowest BCUT2D eigenvalue weighted by molar-refractivity contribution is -0.386. The first-order valence-corrected chi connectivity index (χ1v) is 6.58. The minimum Gasteiger partial charge on any atom is -0.470 e. The molecule has 0 atom stereocenters. The van der Waals surface area contributed by atoms with Crippen LogP contribution >= 0.6 is 0 Å². The number of aromatic nitrogens is 2. The van der Waals surface area contributed by atoms with E-state index in [1.807, 2.05) is 14.0 Å². The number of rotatable bonds is 6. The normalized spacial score (nSPS) is 22.1. The predicted octanol–water partition coefficient (Wildman–Crippen LogP) is 1.27. The highest BCUT2D eigenvalue weighted by atomic mass is 16.6. The van der Waals surface area contributed by atoms with Gasteiger partial charge in [0.1, 0.15) is 11.8 Å². The molecule has 0 amide bonds. The Kier molecular flexibility index (Phi) is 4.04. The maximum Gasteiger partial charge on any atom is 0.353 e. The average Bonchev–Trinajstić information content (AvgIpc) is 2.63. The van der Waals surface area contributed by atoms with Gasteiger partial charge in [-0.2, -0.15) is 5.10 Å². The van der Waals surface area contributed by atoms with E-state index in [1.165, 1.54) is 4.68 Å². The Balaban J connectivity index is 2.08. The molecular weight excluding hydrogens is 248 g/mol. The third-order valence-corrected chi connectivity index (χ3v) is 3.52. The van der Waals surface area contributed by atoms with E-state index in [4.69, 9.17) is 4.74 Å². The number of ether oxygens (including phenoxy) is 1. The second kappa shape index (κ2) is 5.56. The molecule has 2 rings (SSSR count). The molecule has 0 saturated heterocycles. The molecular formula is C12H20N4O3.